The summed E-state index contributed by atoms with van der Waals surface area (Å²) in [5.74, 6) is 1.22. The number of thiazole rings is 1. The topological polar surface area (TPSA) is 72.5 Å². The zero-order chi connectivity index (χ0) is 15.1. The van der Waals surface area contributed by atoms with Gasteiger partial charge in [0.2, 0.25) is 0 Å². The Bertz CT molecular complexity index is 598. The lowest BCUT2D eigenvalue weighted by molar-refractivity contribution is 0.415. The van der Waals surface area contributed by atoms with E-state index in [1.807, 2.05) is 30.5 Å². The molecule has 1 aromatic carbocycles. The van der Waals surface area contributed by atoms with Crippen molar-refractivity contribution in [2.24, 2.45) is 10.7 Å². The fraction of sp³-hybridized carbons (Fsp3) is 0.333. The van der Waals surface area contributed by atoms with Crippen LogP contribution in [0.2, 0.25) is 0 Å². The Morgan fingerprint density at radius 3 is 2.68 bits per heavy atom. The first-order chi connectivity index (χ1) is 10.2. The van der Waals surface area contributed by atoms with Gasteiger partial charge in [-0.05, 0) is 30.7 Å². The van der Waals surface area contributed by atoms with Crippen molar-refractivity contribution in [3.63, 3.8) is 0 Å². The molecule has 0 unspecified atom stereocenters. The summed E-state index contributed by atoms with van der Waals surface area (Å²) in [6.07, 6.45) is 3.78. The molecule has 0 fully saturated rings. The van der Waals surface area contributed by atoms with Crippen LogP contribution in [0.1, 0.15) is 16.8 Å². The average Bonchev–Trinajstić information content (AvgIpc) is 2.96. The summed E-state index contributed by atoms with van der Waals surface area (Å²) in [6, 6.07) is 7.54. The van der Waals surface area contributed by atoms with Crippen molar-refractivity contribution in [2.45, 2.75) is 19.8 Å². The number of nitrogens with one attached hydrogen (secondary N) is 1. The molecule has 2 aromatic rings. The minimum absolute atomic E-state index is 0. The highest BCUT2D eigenvalue weighted by atomic mass is 127. The van der Waals surface area contributed by atoms with E-state index in [2.05, 4.69) is 22.2 Å². The fourth-order valence-corrected chi connectivity index (χ4v) is 2.61. The molecule has 1 aromatic heterocycles. The van der Waals surface area contributed by atoms with E-state index in [-0.39, 0.29) is 24.0 Å². The van der Waals surface area contributed by atoms with Crippen LogP contribution < -0.4 is 15.8 Å². The lowest BCUT2D eigenvalue weighted by Gasteiger charge is -2.06. The Labute approximate surface area is 152 Å². The number of guanidine groups is 1. The number of methoxy groups -OCH3 is 1. The van der Waals surface area contributed by atoms with Gasteiger partial charge in [-0.15, -0.1) is 35.3 Å². The number of aromatic nitrogens is 1. The van der Waals surface area contributed by atoms with Crippen LogP contribution in [-0.2, 0) is 12.8 Å². The van der Waals surface area contributed by atoms with Crippen LogP contribution in [0.5, 0.6) is 5.75 Å². The summed E-state index contributed by atoms with van der Waals surface area (Å²) in [5, 5.41) is 4.16. The number of benzene rings is 1. The summed E-state index contributed by atoms with van der Waals surface area (Å²) >= 11 is 1.74. The van der Waals surface area contributed by atoms with E-state index in [9.17, 15) is 0 Å². The predicted molar refractivity (Wildman–Crippen MR) is 104 cm³/mol. The monoisotopic (exact) mass is 432 g/mol. The van der Waals surface area contributed by atoms with Gasteiger partial charge in [0.1, 0.15) is 5.75 Å². The Morgan fingerprint density at radius 1 is 1.36 bits per heavy atom. The normalized spacial score (nSPS) is 10.9. The zero-order valence-electron chi connectivity index (χ0n) is 12.7. The maximum atomic E-state index is 5.86. The van der Waals surface area contributed by atoms with E-state index < -0.39 is 0 Å². The molecule has 120 valence electrons. The van der Waals surface area contributed by atoms with E-state index in [0.29, 0.717) is 12.5 Å². The molecule has 3 N–H and O–H groups in total. The minimum atomic E-state index is 0. The summed E-state index contributed by atoms with van der Waals surface area (Å²) in [6.45, 7) is 2.76. The average molecular weight is 432 g/mol. The maximum absolute atomic E-state index is 5.86. The maximum Gasteiger partial charge on any atom is 0.193 e. The van der Waals surface area contributed by atoms with E-state index in [0.717, 1.165) is 29.3 Å². The third-order valence-electron chi connectivity index (χ3n) is 2.92. The quantitative estimate of drug-likeness (QED) is 0.418. The van der Waals surface area contributed by atoms with Crippen molar-refractivity contribution in [3.05, 3.63) is 40.3 Å². The van der Waals surface area contributed by atoms with Crippen molar-refractivity contribution < 1.29 is 4.74 Å². The van der Waals surface area contributed by atoms with Gasteiger partial charge >= 0.3 is 0 Å². The highest BCUT2D eigenvalue weighted by molar-refractivity contribution is 14.0. The van der Waals surface area contributed by atoms with Gasteiger partial charge in [-0.2, -0.15) is 0 Å². The number of rotatable bonds is 6. The minimum Gasteiger partial charge on any atom is -0.497 e. The van der Waals surface area contributed by atoms with Gasteiger partial charge in [0, 0.05) is 29.7 Å². The zero-order valence-corrected chi connectivity index (χ0v) is 15.9. The van der Waals surface area contributed by atoms with E-state index in [1.54, 1.807) is 18.4 Å². The molecule has 0 bridgehead atoms. The molecule has 0 aliphatic heterocycles. The van der Waals surface area contributed by atoms with Crippen LogP contribution in [0.3, 0.4) is 0 Å². The van der Waals surface area contributed by atoms with Crippen LogP contribution in [0, 0.1) is 0 Å². The molecule has 0 radical (unpaired) electrons. The van der Waals surface area contributed by atoms with Crippen LogP contribution in [-0.4, -0.2) is 24.6 Å². The number of hydrogen-bond donors (Lipinski definition) is 2. The van der Waals surface area contributed by atoms with Crippen molar-refractivity contribution in [3.8, 4) is 5.75 Å². The van der Waals surface area contributed by atoms with Crippen molar-refractivity contribution in [1.82, 2.24) is 4.98 Å². The molecule has 22 heavy (non-hydrogen) atoms. The van der Waals surface area contributed by atoms with E-state index in [1.165, 1.54) is 4.88 Å². The number of hydrogen-bond acceptors (Lipinski definition) is 4. The molecule has 5 nitrogen and oxygen atoms in total. The third kappa shape index (κ3) is 5.80. The van der Waals surface area contributed by atoms with Crippen LogP contribution in [0.25, 0.3) is 0 Å². The predicted octanol–water partition coefficient (Wildman–Crippen LogP) is 3.30. The molecular formula is C15H21IN4OS. The van der Waals surface area contributed by atoms with E-state index in [4.69, 9.17) is 10.5 Å². The smallest absolute Gasteiger partial charge is 0.193 e. The largest absolute Gasteiger partial charge is 0.497 e. The van der Waals surface area contributed by atoms with Gasteiger partial charge < -0.3 is 15.8 Å². The molecule has 0 aliphatic carbocycles. The number of nitrogens with two attached hydrogens (primary N) is 1. The lowest BCUT2D eigenvalue weighted by atomic mass is 10.3. The Balaban J connectivity index is 0.00000242. The van der Waals surface area contributed by atoms with E-state index >= 15 is 0 Å². The van der Waals surface area contributed by atoms with Crippen LogP contribution >= 0.6 is 35.3 Å². The van der Waals surface area contributed by atoms with Crippen LogP contribution in [0.4, 0.5) is 5.69 Å². The molecule has 0 aliphatic rings. The molecule has 0 atom stereocenters. The highest BCUT2D eigenvalue weighted by Crippen LogP contribution is 2.15. The molecule has 7 heteroatoms. The standard InChI is InChI=1S/C15H20N4OS.HI/c1-3-13-10-18-14(21-13)8-9-17-15(16)19-11-4-6-12(20-2)7-5-11;/h4-7,10H,3,8-9H2,1-2H3,(H3,16,17,19);1H. The lowest BCUT2D eigenvalue weighted by Crippen LogP contribution is -2.23. The second-order valence-electron chi connectivity index (χ2n) is 4.44. The van der Waals surface area contributed by atoms with Gasteiger partial charge in [0.25, 0.3) is 0 Å². The second kappa shape index (κ2) is 9.62. The second-order valence-corrected chi connectivity index (χ2v) is 5.64. The number of halogens is 1. The Kier molecular flexibility index (Phi) is 8.18. The molecule has 0 spiro atoms. The molecule has 2 rings (SSSR count). The molecule has 0 saturated carbocycles. The molecule has 0 saturated heterocycles. The van der Waals surface area contributed by atoms with Crippen molar-refractivity contribution in [1.29, 1.82) is 0 Å². The van der Waals surface area contributed by atoms with Crippen LogP contribution in [0.15, 0.2) is 35.5 Å². The number of aryl methyl sites for hydroxylation is 1. The fourth-order valence-electron chi connectivity index (χ4n) is 1.76. The number of anilines is 1. The van der Waals surface area contributed by atoms with Gasteiger partial charge in [-0.25, -0.2) is 4.98 Å². The first-order valence-corrected chi connectivity index (χ1v) is 7.67. The van der Waals surface area contributed by atoms with Gasteiger partial charge in [-0.1, -0.05) is 6.92 Å². The van der Waals surface area contributed by atoms with Gasteiger partial charge in [-0.3, -0.25) is 4.99 Å². The first kappa shape index (κ1) is 18.7. The highest BCUT2D eigenvalue weighted by Gasteiger charge is 2.00. The summed E-state index contributed by atoms with van der Waals surface area (Å²) in [7, 11) is 1.64. The number of nitrogens with zero attached hydrogens (tertiary/aromatic N) is 2. The number of ether oxygens (including phenoxy) is 1. The Morgan fingerprint density at radius 2 is 2.09 bits per heavy atom. The Hall–Kier alpha value is -1.35. The molecule has 1 heterocycles. The summed E-state index contributed by atoms with van der Waals surface area (Å²) < 4.78 is 5.10. The molecular weight excluding hydrogens is 411 g/mol. The SMILES string of the molecule is CCc1cnc(CCN=C(N)Nc2ccc(OC)cc2)s1.I. The summed E-state index contributed by atoms with van der Waals surface area (Å²) in [5.41, 5.74) is 6.75. The van der Waals surface area contributed by atoms with Crippen molar-refractivity contribution >= 4 is 47.0 Å². The van der Waals surface area contributed by atoms with Crippen molar-refractivity contribution in [2.75, 3.05) is 19.0 Å². The first-order valence-electron chi connectivity index (χ1n) is 6.86. The number of aliphatic imine (C=N–C) groups is 1. The molecule has 0 amide bonds. The summed E-state index contributed by atoms with van der Waals surface area (Å²) in [4.78, 5) is 9.98. The van der Waals surface area contributed by atoms with Gasteiger partial charge in [0.05, 0.1) is 12.1 Å². The van der Waals surface area contributed by atoms with Gasteiger partial charge in [0.15, 0.2) is 5.96 Å². The third-order valence-corrected chi connectivity index (χ3v) is 4.12.